The Morgan fingerprint density at radius 3 is 2.63 bits per heavy atom. The molecule has 4 nitrogen and oxygen atoms in total. The van der Waals surface area contributed by atoms with Crippen molar-refractivity contribution in [3.8, 4) is 0 Å². The van der Waals surface area contributed by atoms with Crippen molar-refractivity contribution in [3.63, 3.8) is 0 Å². The van der Waals surface area contributed by atoms with Gasteiger partial charge in [0, 0.05) is 11.0 Å². The third-order valence-corrected chi connectivity index (χ3v) is 3.51. The first kappa shape index (κ1) is 15.7. The number of hydrogen-bond donors (Lipinski definition) is 2. The molecule has 0 aliphatic carbocycles. The Balaban J connectivity index is 2.57. The summed E-state index contributed by atoms with van der Waals surface area (Å²) in [6.07, 6.45) is 3.33. The number of hydrogen-bond acceptors (Lipinski definition) is 3. The molecule has 104 valence electrons. The largest absolute Gasteiger partial charge is 0.480 e. The van der Waals surface area contributed by atoms with Crippen molar-refractivity contribution in [1.82, 2.24) is 5.32 Å². The molecule has 0 aliphatic rings. The summed E-state index contributed by atoms with van der Waals surface area (Å²) in [4.78, 5) is 23.5. The van der Waals surface area contributed by atoms with Crippen molar-refractivity contribution < 1.29 is 14.7 Å². The molecule has 1 aromatic heterocycles. The lowest BCUT2D eigenvalue weighted by Crippen LogP contribution is -2.40. The van der Waals surface area contributed by atoms with E-state index in [2.05, 4.69) is 5.32 Å². The van der Waals surface area contributed by atoms with Crippen molar-refractivity contribution in [2.75, 3.05) is 0 Å². The van der Waals surface area contributed by atoms with Crippen LogP contribution in [0.5, 0.6) is 0 Å². The van der Waals surface area contributed by atoms with Gasteiger partial charge in [0.05, 0.1) is 4.34 Å². The molecule has 0 bridgehead atoms. The van der Waals surface area contributed by atoms with E-state index >= 15 is 0 Å². The maximum absolute atomic E-state index is 11.6. The first-order chi connectivity index (χ1) is 8.88. The summed E-state index contributed by atoms with van der Waals surface area (Å²) < 4.78 is 0.642. The average Bonchev–Trinajstić information content (AvgIpc) is 2.71. The van der Waals surface area contributed by atoms with Crippen LogP contribution in [0.15, 0.2) is 18.2 Å². The Bertz CT molecular complexity index is 482. The van der Waals surface area contributed by atoms with Gasteiger partial charge in [0.25, 0.3) is 0 Å². The quantitative estimate of drug-likeness (QED) is 0.794. The molecule has 0 saturated heterocycles. The van der Waals surface area contributed by atoms with Crippen LogP contribution < -0.4 is 5.32 Å². The topological polar surface area (TPSA) is 66.4 Å². The fourth-order valence-corrected chi connectivity index (χ4v) is 2.45. The number of carbonyl (C=O) groups excluding carboxylic acids is 1. The summed E-state index contributed by atoms with van der Waals surface area (Å²) in [6, 6.07) is 2.67. The molecule has 0 fully saturated rings. The molecular formula is C13H16ClNO3S. The molecule has 0 saturated carbocycles. The monoisotopic (exact) mass is 301 g/mol. The second kappa shape index (κ2) is 7.31. The van der Waals surface area contributed by atoms with E-state index in [1.54, 1.807) is 18.2 Å². The lowest BCUT2D eigenvalue weighted by atomic mass is 10.0. The van der Waals surface area contributed by atoms with Crippen molar-refractivity contribution in [1.29, 1.82) is 0 Å². The molecule has 1 amide bonds. The summed E-state index contributed by atoms with van der Waals surface area (Å²) >= 11 is 7.11. The third-order valence-electron chi connectivity index (χ3n) is 2.31. The normalized spacial score (nSPS) is 12.8. The van der Waals surface area contributed by atoms with Crippen LogP contribution in [0.1, 0.15) is 25.1 Å². The molecule has 2 N–H and O–H groups in total. The van der Waals surface area contributed by atoms with Crippen molar-refractivity contribution in [2.45, 2.75) is 26.3 Å². The standard InChI is InChI=1S/C13H16ClNO3S/c1-8(2)7-10(13(17)18)15-12(16)6-4-9-3-5-11(14)19-9/h3-6,8,10H,7H2,1-2H3,(H,15,16)(H,17,18)/b6-4+. The fraction of sp³-hybridized carbons (Fsp3) is 0.385. The molecule has 1 rings (SSSR count). The van der Waals surface area contributed by atoms with Crippen LogP contribution in [0.2, 0.25) is 4.34 Å². The molecule has 19 heavy (non-hydrogen) atoms. The molecule has 1 atom stereocenters. The highest BCUT2D eigenvalue weighted by Crippen LogP contribution is 2.22. The minimum atomic E-state index is -1.02. The maximum Gasteiger partial charge on any atom is 0.326 e. The number of thiophene rings is 1. The fourth-order valence-electron chi connectivity index (χ4n) is 1.49. The van der Waals surface area contributed by atoms with E-state index in [9.17, 15) is 9.59 Å². The summed E-state index contributed by atoms with van der Waals surface area (Å²) in [6.45, 7) is 3.82. The van der Waals surface area contributed by atoms with Crippen molar-refractivity contribution in [3.05, 3.63) is 27.4 Å². The Kier molecular flexibility index (Phi) is 6.05. The van der Waals surface area contributed by atoms with Gasteiger partial charge >= 0.3 is 5.97 Å². The highest BCUT2D eigenvalue weighted by Gasteiger charge is 2.19. The molecule has 0 spiro atoms. The molecule has 1 heterocycles. The molecule has 0 aromatic carbocycles. The third kappa shape index (κ3) is 5.89. The SMILES string of the molecule is CC(C)CC(NC(=O)/C=C/c1ccc(Cl)s1)C(=O)O. The lowest BCUT2D eigenvalue weighted by Gasteiger charge is -2.15. The number of carboxylic acid groups (broad SMARTS) is 1. The van der Waals surface area contributed by atoms with Gasteiger partial charge < -0.3 is 10.4 Å². The van der Waals surface area contributed by atoms with Gasteiger partial charge in [0.1, 0.15) is 6.04 Å². The smallest absolute Gasteiger partial charge is 0.326 e. The number of carbonyl (C=O) groups is 2. The summed E-state index contributed by atoms with van der Waals surface area (Å²) in [5.41, 5.74) is 0. The molecule has 0 radical (unpaired) electrons. The van der Waals surface area contributed by atoms with Gasteiger partial charge in [-0.25, -0.2) is 4.79 Å². The molecular weight excluding hydrogens is 286 g/mol. The number of carboxylic acids is 1. The zero-order valence-corrected chi connectivity index (χ0v) is 12.3. The van der Waals surface area contributed by atoms with Gasteiger partial charge in [-0.15, -0.1) is 11.3 Å². The zero-order chi connectivity index (χ0) is 14.4. The summed E-state index contributed by atoms with van der Waals surface area (Å²) in [5.74, 6) is -1.24. The van der Waals surface area contributed by atoms with Crippen LogP contribution in [0.25, 0.3) is 6.08 Å². The predicted molar refractivity (Wildman–Crippen MR) is 77.4 cm³/mol. The molecule has 1 aromatic rings. The maximum atomic E-state index is 11.6. The van der Waals surface area contributed by atoms with Crippen LogP contribution in [0.3, 0.4) is 0 Å². The van der Waals surface area contributed by atoms with E-state index in [1.807, 2.05) is 13.8 Å². The van der Waals surface area contributed by atoms with Crippen molar-refractivity contribution >= 4 is 40.9 Å². The number of amides is 1. The lowest BCUT2D eigenvalue weighted by molar-refractivity contribution is -0.141. The minimum Gasteiger partial charge on any atom is -0.480 e. The van der Waals surface area contributed by atoms with Gasteiger partial charge in [-0.05, 0) is 30.5 Å². The van der Waals surface area contributed by atoms with Crippen molar-refractivity contribution in [2.24, 2.45) is 5.92 Å². The van der Waals surface area contributed by atoms with E-state index < -0.39 is 17.9 Å². The van der Waals surface area contributed by atoms with Crippen LogP contribution in [-0.4, -0.2) is 23.0 Å². The van der Waals surface area contributed by atoms with E-state index in [-0.39, 0.29) is 5.92 Å². The highest BCUT2D eigenvalue weighted by molar-refractivity contribution is 7.17. The van der Waals surface area contributed by atoms with Gasteiger partial charge in [0.15, 0.2) is 0 Å². The van der Waals surface area contributed by atoms with Gasteiger partial charge in [-0.2, -0.15) is 0 Å². The van der Waals surface area contributed by atoms with E-state index in [0.717, 1.165) is 4.88 Å². The van der Waals surface area contributed by atoms with Crippen LogP contribution in [-0.2, 0) is 9.59 Å². The van der Waals surface area contributed by atoms with E-state index in [0.29, 0.717) is 10.8 Å². The molecule has 1 unspecified atom stereocenters. The first-order valence-electron chi connectivity index (χ1n) is 5.85. The first-order valence-corrected chi connectivity index (χ1v) is 7.04. The number of halogens is 1. The second-order valence-corrected chi connectivity index (χ2v) is 6.25. The van der Waals surface area contributed by atoms with E-state index in [4.69, 9.17) is 16.7 Å². The number of aliphatic carboxylic acids is 1. The van der Waals surface area contributed by atoms with Crippen LogP contribution in [0.4, 0.5) is 0 Å². The molecule has 0 aliphatic heterocycles. The van der Waals surface area contributed by atoms with Gasteiger partial charge in [0.2, 0.25) is 5.91 Å². The van der Waals surface area contributed by atoms with Gasteiger partial charge in [-0.1, -0.05) is 25.4 Å². The Hall–Kier alpha value is -1.33. The Morgan fingerprint density at radius 2 is 2.16 bits per heavy atom. The van der Waals surface area contributed by atoms with E-state index in [1.165, 1.54) is 17.4 Å². The van der Waals surface area contributed by atoms with Crippen LogP contribution >= 0.6 is 22.9 Å². The molecule has 6 heteroatoms. The summed E-state index contributed by atoms with van der Waals surface area (Å²) in [7, 11) is 0. The number of nitrogens with one attached hydrogen (secondary N) is 1. The Labute approximate surface area is 121 Å². The zero-order valence-electron chi connectivity index (χ0n) is 10.7. The number of rotatable bonds is 6. The minimum absolute atomic E-state index is 0.196. The highest BCUT2D eigenvalue weighted by atomic mass is 35.5. The second-order valence-electron chi connectivity index (χ2n) is 4.50. The van der Waals surface area contributed by atoms with Gasteiger partial charge in [-0.3, -0.25) is 4.79 Å². The predicted octanol–water partition coefficient (Wildman–Crippen LogP) is 3.03. The Morgan fingerprint density at radius 1 is 1.47 bits per heavy atom. The average molecular weight is 302 g/mol. The summed E-state index contributed by atoms with van der Waals surface area (Å²) in [5, 5.41) is 11.5. The van der Waals surface area contributed by atoms with Crippen LogP contribution in [0, 0.1) is 5.92 Å².